The zero-order valence-electron chi connectivity index (χ0n) is 8.45. The number of ether oxygens (including phenoxy) is 1. The lowest BCUT2D eigenvalue weighted by Crippen LogP contribution is -2.26. The van der Waals surface area contributed by atoms with Crippen molar-refractivity contribution in [3.63, 3.8) is 0 Å². The van der Waals surface area contributed by atoms with Gasteiger partial charge < -0.3 is 15.6 Å². The van der Waals surface area contributed by atoms with Crippen LogP contribution >= 0.6 is 11.6 Å². The Bertz CT molecular complexity index is 390. The minimum Gasteiger partial charge on any atom is -0.504 e. The van der Waals surface area contributed by atoms with Gasteiger partial charge in [-0.15, -0.1) is 0 Å². The zero-order chi connectivity index (χ0) is 11.6. The van der Waals surface area contributed by atoms with Crippen molar-refractivity contribution in [1.29, 1.82) is 0 Å². The molecule has 3 N–H and O–H groups in total. The Balaban J connectivity index is 3.22. The molecule has 1 rings (SSSR count). The third-order valence-corrected chi connectivity index (χ3v) is 2.26. The summed E-state index contributed by atoms with van der Waals surface area (Å²) in [6.07, 6.45) is 0. The number of phenols is 1. The molecule has 0 aliphatic carbocycles. The SMILES string of the molecule is COc1cc(Cl)c(C(=O)C(C)N)cc1O. The Morgan fingerprint density at radius 1 is 1.60 bits per heavy atom. The lowest BCUT2D eigenvalue weighted by molar-refractivity contribution is 0.0967. The fourth-order valence-electron chi connectivity index (χ4n) is 1.14. The van der Waals surface area contributed by atoms with E-state index in [0.29, 0.717) is 0 Å². The maximum Gasteiger partial charge on any atom is 0.180 e. The summed E-state index contributed by atoms with van der Waals surface area (Å²) in [6.45, 7) is 1.56. The summed E-state index contributed by atoms with van der Waals surface area (Å²) >= 11 is 5.85. The van der Waals surface area contributed by atoms with Gasteiger partial charge in [0.2, 0.25) is 0 Å². The van der Waals surface area contributed by atoms with Crippen molar-refractivity contribution >= 4 is 17.4 Å². The number of benzene rings is 1. The molecule has 0 spiro atoms. The summed E-state index contributed by atoms with van der Waals surface area (Å²) in [5.74, 6) is -0.231. The second-order valence-corrected chi connectivity index (χ2v) is 3.56. The molecule has 0 saturated carbocycles. The summed E-state index contributed by atoms with van der Waals surface area (Å²) in [5.41, 5.74) is 5.64. The lowest BCUT2D eigenvalue weighted by Gasteiger charge is -2.09. The molecule has 4 nitrogen and oxygen atoms in total. The van der Waals surface area contributed by atoms with Gasteiger partial charge in [0.1, 0.15) is 0 Å². The average Bonchev–Trinajstić information content (AvgIpc) is 2.19. The molecule has 0 bridgehead atoms. The highest BCUT2D eigenvalue weighted by molar-refractivity contribution is 6.34. The Labute approximate surface area is 92.6 Å². The Kier molecular flexibility index (Phi) is 3.55. The molecule has 1 atom stereocenters. The van der Waals surface area contributed by atoms with Crippen LogP contribution in [0.1, 0.15) is 17.3 Å². The number of methoxy groups -OCH3 is 1. The smallest absolute Gasteiger partial charge is 0.180 e. The van der Waals surface area contributed by atoms with Crippen LogP contribution in [0.5, 0.6) is 11.5 Å². The molecule has 15 heavy (non-hydrogen) atoms. The Hall–Kier alpha value is -1.26. The van der Waals surface area contributed by atoms with Crippen LogP contribution in [0.4, 0.5) is 0 Å². The number of Topliss-reactive ketones (excluding diaryl/α,β-unsaturated/α-hetero) is 1. The van der Waals surface area contributed by atoms with Gasteiger partial charge in [-0.2, -0.15) is 0 Å². The van der Waals surface area contributed by atoms with Crippen LogP contribution < -0.4 is 10.5 Å². The van der Waals surface area contributed by atoms with E-state index in [1.165, 1.54) is 19.2 Å². The summed E-state index contributed by atoms with van der Waals surface area (Å²) in [5, 5.41) is 9.68. The predicted octanol–water partition coefficient (Wildman–Crippen LogP) is 1.58. The van der Waals surface area contributed by atoms with E-state index in [9.17, 15) is 9.90 Å². The molecule has 0 radical (unpaired) electrons. The number of rotatable bonds is 3. The van der Waals surface area contributed by atoms with Crippen molar-refractivity contribution in [2.45, 2.75) is 13.0 Å². The number of halogens is 1. The molecule has 1 aromatic rings. The quantitative estimate of drug-likeness (QED) is 0.772. The number of aromatic hydroxyl groups is 1. The van der Waals surface area contributed by atoms with Crippen LogP contribution in [-0.4, -0.2) is 24.0 Å². The van der Waals surface area contributed by atoms with Gasteiger partial charge in [-0.3, -0.25) is 4.79 Å². The summed E-state index contributed by atoms with van der Waals surface area (Å²) in [6, 6.07) is 1.98. The number of hydrogen-bond acceptors (Lipinski definition) is 4. The normalized spacial score (nSPS) is 12.3. The van der Waals surface area contributed by atoms with E-state index in [-0.39, 0.29) is 27.9 Å². The van der Waals surface area contributed by atoms with Crippen LogP contribution in [0.2, 0.25) is 5.02 Å². The van der Waals surface area contributed by atoms with Crippen LogP contribution in [-0.2, 0) is 0 Å². The van der Waals surface area contributed by atoms with Crippen LogP contribution in [0.15, 0.2) is 12.1 Å². The van der Waals surface area contributed by atoms with E-state index in [1.807, 2.05) is 0 Å². The topological polar surface area (TPSA) is 72.5 Å². The maximum atomic E-state index is 11.6. The first-order chi connectivity index (χ1) is 6.97. The standard InChI is InChI=1S/C10H12ClNO3/c1-5(12)10(14)6-3-8(13)9(15-2)4-7(6)11/h3-5,13H,12H2,1-2H3. The first-order valence-corrected chi connectivity index (χ1v) is 4.71. The van der Waals surface area contributed by atoms with Gasteiger partial charge in [-0.25, -0.2) is 0 Å². The van der Waals surface area contributed by atoms with E-state index in [4.69, 9.17) is 22.1 Å². The first-order valence-electron chi connectivity index (χ1n) is 4.33. The lowest BCUT2D eigenvalue weighted by atomic mass is 10.1. The van der Waals surface area contributed by atoms with Gasteiger partial charge in [0.05, 0.1) is 18.2 Å². The van der Waals surface area contributed by atoms with E-state index in [1.54, 1.807) is 6.92 Å². The third kappa shape index (κ3) is 2.40. The van der Waals surface area contributed by atoms with Gasteiger partial charge in [0, 0.05) is 11.6 Å². The Morgan fingerprint density at radius 2 is 2.20 bits per heavy atom. The number of ketones is 1. The summed E-state index contributed by atoms with van der Waals surface area (Å²) in [7, 11) is 1.40. The monoisotopic (exact) mass is 229 g/mol. The van der Waals surface area contributed by atoms with Gasteiger partial charge in [-0.1, -0.05) is 11.6 Å². The molecule has 1 aromatic carbocycles. The number of carbonyl (C=O) groups excluding carboxylic acids is 1. The Morgan fingerprint density at radius 3 is 2.67 bits per heavy atom. The van der Waals surface area contributed by atoms with Gasteiger partial charge >= 0.3 is 0 Å². The molecular weight excluding hydrogens is 218 g/mol. The van der Waals surface area contributed by atoms with Crippen LogP contribution in [0.3, 0.4) is 0 Å². The molecule has 0 aliphatic rings. The number of carbonyl (C=O) groups is 1. The van der Waals surface area contributed by atoms with Crippen LogP contribution in [0, 0.1) is 0 Å². The molecule has 0 saturated heterocycles. The van der Waals surface area contributed by atoms with E-state index < -0.39 is 6.04 Å². The van der Waals surface area contributed by atoms with Crippen molar-refractivity contribution in [1.82, 2.24) is 0 Å². The van der Waals surface area contributed by atoms with Crippen LogP contribution in [0.25, 0.3) is 0 Å². The molecule has 1 unspecified atom stereocenters. The van der Waals surface area contributed by atoms with Gasteiger partial charge in [-0.05, 0) is 13.0 Å². The van der Waals surface area contributed by atoms with Crippen molar-refractivity contribution < 1.29 is 14.6 Å². The second kappa shape index (κ2) is 4.51. The van der Waals surface area contributed by atoms with Crippen molar-refractivity contribution in [3.8, 4) is 11.5 Å². The number of hydrogen-bond donors (Lipinski definition) is 2. The molecular formula is C10H12ClNO3. The van der Waals surface area contributed by atoms with Crippen molar-refractivity contribution in [2.24, 2.45) is 5.73 Å². The van der Waals surface area contributed by atoms with Crippen molar-refractivity contribution in [2.75, 3.05) is 7.11 Å². The fourth-order valence-corrected chi connectivity index (χ4v) is 1.39. The minimum absolute atomic E-state index is 0.133. The third-order valence-electron chi connectivity index (χ3n) is 1.95. The molecule has 0 amide bonds. The molecule has 0 aliphatic heterocycles. The predicted molar refractivity (Wildman–Crippen MR) is 57.6 cm³/mol. The van der Waals surface area contributed by atoms with Crippen molar-refractivity contribution in [3.05, 3.63) is 22.7 Å². The fraction of sp³-hybridized carbons (Fsp3) is 0.300. The molecule has 0 fully saturated rings. The summed E-state index contributed by atoms with van der Waals surface area (Å²) < 4.78 is 4.84. The van der Waals surface area contributed by atoms with E-state index in [0.717, 1.165) is 0 Å². The zero-order valence-corrected chi connectivity index (χ0v) is 9.21. The molecule has 5 heteroatoms. The molecule has 0 aromatic heterocycles. The largest absolute Gasteiger partial charge is 0.504 e. The van der Waals surface area contributed by atoms with Gasteiger partial charge in [0.25, 0.3) is 0 Å². The highest BCUT2D eigenvalue weighted by Gasteiger charge is 2.17. The minimum atomic E-state index is -0.657. The number of phenolic OH excluding ortho intramolecular Hbond substituents is 1. The highest BCUT2D eigenvalue weighted by atomic mass is 35.5. The van der Waals surface area contributed by atoms with E-state index in [2.05, 4.69) is 0 Å². The molecule has 0 heterocycles. The summed E-state index contributed by atoms with van der Waals surface area (Å²) in [4.78, 5) is 11.6. The highest BCUT2D eigenvalue weighted by Crippen LogP contribution is 2.32. The average molecular weight is 230 g/mol. The maximum absolute atomic E-state index is 11.6. The first kappa shape index (κ1) is 11.8. The number of nitrogens with two attached hydrogens (primary N) is 1. The van der Waals surface area contributed by atoms with Gasteiger partial charge in [0.15, 0.2) is 17.3 Å². The molecule has 82 valence electrons. The second-order valence-electron chi connectivity index (χ2n) is 3.16. The van der Waals surface area contributed by atoms with E-state index >= 15 is 0 Å².